The molecule has 0 unspecified atom stereocenters. The molecule has 5 rings (SSSR count). The molecule has 0 bridgehead atoms. The van der Waals surface area contributed by atoms with E-state index in [0.29, 0.717) is 17.8 Å². The molecule has 3 heterocycles. The fourth-order valence-corrected chi connectivity index (χ4v) is 7.95. The summed E-state index contributed by atoms with van der Waals surface area (Å²) in [5.41, 5.74) is 10.9. The number of hydrogen-bond acceptors (Lipinski definition) is 15. The molecule has 50 heavy (non-hydrogen) atoms. The van der Waals surface area contributed by atoms with E-state index in [4.69, 9.17) is 34.7 Å². The molecule has 1 aliphatic carbocycles. The van der Waals surface area contributed by atoms with Gasteiger partial charge >= 0.3 is 13.7 Å². The predicted molar refractivity (Wildman–Crippen MR) is 186 cm³/mol. The first-order chi connectivity index (χ1) is 23.6. The minimum absolute atomic E-state index is 0.000700. The average Bonchev–Trinajstić information content (AvgIpc) is 3.31. The lowest BCUT2D eigenvalue weighted by Crippen LogP contribution is -2.39. The standard InChI is InChI=1S/C32H46N7O9PS/c1-7-44-26-22-25(37-30(34)38-26)39(17-35-22)27-19(4)32(42)23(47-27)24(32)48-49(43,36-15-20-11-9-8-10-12-20)46-13-14-50-29(41)31(5,6)16-45-28(40)21(33)18(2)3/h8-12,17-19,21,23-24,27,42H,7,13-16,33H2,1-6H3,(H,36,43)(H2,34,37,38)/t19-,21+,23-,24+,27-,32+,49-/m1/s1. The molecular formula is C32H46N7O9PS. The molecule has 2 aromatic heterocycles. The topological polar surface area (TPSA) is 225 Å². The van der Waals surface area contributed by atoms with Gasteiger partial charge in [0.15, 0.2) is 16.3 Å². The number of benzene rings is 1. The molecule has 0 amide bonds. The summed E-state index contributed by atoms with van der Waals surface area (Å²) in [5, 5.41) is 14.3. The van der Waals surface area contributed by atoms with Crippen LogP contribution in [0.15, 0.2) is 36.7 Å². The van der Waals surface area contributed by atoms with Crippen molar-refractivity contribution >= 4 is 47.7 Å². The minimum Gasteiger partial charge on any atom is -0.476 e. The number of anilines is 1. The number of thioether (sulfide) groups is 1. The van der Waals surface area contributed by atoms with Crippen LogP contribution in [0.4, 0.5) is 5.95 Å². The smallest absolute Gasteiger partial charge is 0.406 e. The third-order valence-corrected chi connectivity index (χ3v) is 11.5. The quantitative estimate of drug-likeness (QED) is 0.0887. The summed E-state index contributed by atoms with van der Waals surface area (Å²) in [5.74, 6) is -0.846. The Kier molecular flexibility index (Phi) is 11.6. The Morgan fingerprint density at radius 1 is 1.24 bits per heavy atom. The van der Waals surface area contributed by atoms with Gasteiger partial charge in [0.1, 0.15) is 36.7 Å². The first-order valence-corrected chi connectivity index (χ1v) is 19.0. The van der Waals surface area contributed by atoms with Crippen molar-refractivity contribution in [1.29, 1.82) is 0 Å². The number of aliphatic hydroxyl groups is 1. The number of fused-ring (bicyclic) bond motifs is 2. The lowest BCUT2D eigenvalue weighted by atomic mass is 9.97. The van der Waals surface area contributed by atoms with Crippen molar-refractivity contribution in [3.05, 3.63) is 42.2 Å². The molecule has 0 radical (unpaired) electrons. The molecule has 2 aliphatic rings. The molecule has 1 aromatic carbocycles. The Bertz CT molecular complexity index is 1730. The van der Waals surface area contributed by atoms with Crippen LogP contribution in [0.25, 0.3) is 11.2 Å². The molecule has 0 spiro atoms. The third kappa shape index (κ3) is 8.00. The number of carbonyl (C=O) groups excluding carboxylic acids is 2. The van der Waals surface area contributed by atoms with E-state index in [1.165, 1.54) is 6.33 Å². The molecule has 1 aliphatic heterocycles. The van der Waals surface area contributed by atoms with Gasteiger partial charge in [0.2, 0.25) is 11.8 Å². The molecular weight excluding hydrogens is 689 g/mol. The van der Waals surface area contributed by atoms with Crippen LogP contribution in [0.3, 0.4) is 0 Å². The molecule has 16 nitrogen and oxygen atoms in total. The summed E-state index contributed by atoms with van der Waals surface area (Å²) >= 11 is 0.958. The molecule has 1 saturated heterocycles. The van der Waals surface area contributed by atoms with E-state index in [0.717, 1.165) is 17.3 Å². The number of hydrogen-bond donors (Lipinski definition) is 4. The van der Waals surface area contributed by atoms with Gasteiger partial charge in [-0.25, -0.2) is 14.6 Å². The predicted octanol–water partition coefficient (Wildman–Crippen LogP) is 3.20. The Labute approximate surface area is 294 Å². The number of rotatable bonds is 17. The average molecular weight is 736 g/mol. The summed E-state index contributed by atoms with van der Waals surface area (Å²) in [6.07, 6.45) is -0.977. The van der Waals surface area contributed by atoms with E-state index >= 15 is 0 Å². The van der Waals surface area contributed by atoms with Crippen LogP contribution >= 0.6 is 19.5 Å². The SMILES string of the molecule is CCOc1nc(N)nc2c1ncn2[C@@H]1O[C@@H]2[C@H](O[P@@](=O)(NCc3ccccc3)OCCSC(=O)C(C)(C)COC(=O)[C@@H](N)C(C)C)[C@]2(O)[C@@H]1C. The fourth-order valence-electron chi connectivity index (χ4n) is 5.52. The Morgan fingerprint density at radius 3 is 2.60 bits per heavy atom. The number of imidazole rings is 1. The molecule has 6 N–H and O–H groups in total. The maximum Gasteiger partial charge on any atom is 0.406 e. The van der Waals surface area contributed by atoms with E-state index in [9.17, 15) is 19.3 Å². The first-order valence-electron chi connectivity index (χ1n) is 16.4. The van der Waals surface area contributed by atoms with Gasteiger partial charge in [0.25, 0.3) is 0 Å². The van der Waals surface area contributed by atoms with Crippen LogP contribution in [0.2, 0.25) is 0 Å². The van der Waals surface area contributed by atoms with Gasteiger partial charge in [-0.15, -0.1) is 0 Å². The second-order valence-corrected chi connectivity index (χ2v) is 16.2. The lowest BCUT2D eigenvalue weighted by Gasteiger charge is -2.27. The summed E-state index contributed by atoms with van der Waals surface area (Å²) in [6, 6.07) is 8.49. The van der Waals surface area contributed by atoms with Crippen molar-refractivity contribution in [2.24, 2.45) is 23.0 Å². The van der Waals surface area contributed by atoms with Crippen molar-refractivity contribution in [3.8, 4) is 5.88 Å². The van der Waals surface area contributed by atoms with Crippen LogP contribution < -0.4 is 21.3 Å². The largest absolute Gasteiger partial charge is 0.476 e. The third-order valence-electron chi connectivity index (χ3n) is 8.75. The van der Waals surface area contributed by atoms with E-state index < -0.39 is 55.1 Å². The maximum atomic E-state index is 14.1. The summed E-state index contributed by atoms with van der Waals surface area (Å²) in [4.78, 5) is 38.0. The number of carbonyl (C=O) groups is 2. The molecule has 274 valence electrons. The highest BCUT2D eigenvalue weighted by Crippen LogP contribution is 2.63. The summed E-state index contributed by atoms with van der Waals surface area (Å²) < 4.78 is 44.7. The van der Waals surface area contributed by atoms with Crippen molar-refractivity contribution in [1.82, 2.24) is 24.6 Å². The highest BCUT2D eigenvalue weighted by Gasteiger charge is 2.77. The first kappa shape index (κ1) is 38.1. The Balaban J connectivity index is 1.22. The van der Waals surface area contributed by atoms with Crippen LogP contribution in [0.1, 0.15) is 53.3 Å². The van der Waals surface area contributed by atoms with Crippen LogP contribution in [-0.4, -0.2) is 85.1 Å². The van der Waals surface area contributed by atoms with Gasteiger partial charge < -0.3 is 30.8 Å². The monoisotopic (exact) mass is 735 g/mol. The van der Waals surface area contributed by atoms with Gasteiger partial charge in [-0.05, 0) is 32.3 Å². The zero-order chi connectivity index (χ0) is 36.4. The second kappa shape index (κ2) is 15.2. The highest BCUT2D eigenvalue weighted by atomic mass is 32.2. The van der Waals surface area contributed by atoms with Gasteiger partial charge in [-0.2, -0.15) is 9.97 Å². The number of aromatic nitrogens is 4. The van der Waals surface area contributed by atoms with E-state index in [-0.39, 0.29) is 48.4 Å². The van der Waals surface area contributed by atoms with Gasteiger partial charge in [-0.3, -0.25) is 23.2 Å². The lowest BCUT2D eigenvalue weighted by molar-refractivity contribution is -0.150. The molecule has 7 atom stereocenters. The van der Waals surface area contributed by atoms with Gasteiger partial charge in [-0.1, -0.05) is 62.9 Å². The van der Waals surface area contributed by atoms with E-state index in [1.54, 1.807) is 25.3 Å². The number of nitrogens with one attached hydrogen (secondary N) is 1. The zero-order valence-electron chi connectivity index (χ0n) is 29.0. The molecule has 2 fully saturated rings. The Hall–Kier alpha value is -3.15. The van der Waals surface area contributed by atoms with Crippen LogP contribution in [-0.2, 0) is 39.2 Å². The number of nitrogens with two attached hydrogens (primary N) is 2. The number of ether oxygens (including phenoxy) is 3. The summed E-state index contributed by atoms with van der Waals surface area (Å²) in [7, 11) is -4.06. The molecule has 18 heteroatoms. The van der Waals surface area contributed by atoms with Gasteiger partial charge in [0.05, 0.1) is 25.0 Å². The molecule has 1 saturated carbocycles. The number of nitrogens with zero attached hydrogens (tertiary/aromatic N) is 4. The van der Waals surface area contributed by atoms with Gasteiger partial charge in [0, 0.05) is 18.2 Å². The van der Waals surface area contributed by atoms with Crippen LogP contribution in [0, 0.1) is 17.3 Å². The maximum absolute atomic E-state index is 14.1. The minimum atomic E-state index is -4.06. The van der Waals surface area contributed by atoms with Crippen molar-refractivity contribution in [2.75, 3.05) is 31.3 Å². The Morgan fingerprint density at radius 2 is 1.96 bits per heavy atom. The highest BCUT2D eigenvalue weighted by molar-refractivity contribution is 8.13. The molecule has 3 aromatic rings. The number of nitrogen functional groups attached to an aromatic ring is 1. The second-order valence-electron chi connectivity index (χ2n) is 13.3. The van der Waals surface area contributed by atoms with E-state index in [1.807, 2.05) is 51.1 Å². The van der Waals surface area contributed by atoms with Crippen LogP contribution in [0.5, 0.6) is 5.88 Å². The van der Waals surface area contributed by atoms with Crippen molar-refractivity contribution in [3.63, 3.8) is 0 Å². The van der Waals surface area contributed by atoms with Crippen molar-refractivity contribution in [2.45, 2.75) is 78.2 Å². The zero-order valence-corrected chi connectivity index (χ0v) is 30.7. The number of esters is 1. The van der Waals surface area contributed by atoms with E-state index in [2.05, 4.69) is 20.0 Å². The fraction of sp³-hybridized carbons (Fsp3) is 0.594. The normalized spacial score (nSPS) is 24.9. The van der Waals surface area contributed by atoms with Crippen molar-refractivity contribution < 1.29 is 42.5 Å². The summed E-state index contributed by atoms with van der Waals surface area (Å²) in [6.45, 7) is 10.8.